The molecule has 2 nitrogen and oxygen atoms in total. The Bertz CT molecular complexity index is 510. The summed E-state index contributed by atoms with van der Waals surface area (Å²) in [6.07, 6.45) is 8.39. The summed E-state index contributed by atoms with van der Waals surface area (Å²) in [4.78, 5) is 0. The molecular weight excluding hydrogens is 243 g/mol. The van der Waals surface area contributed by atoms with Gasteiger partial charge in [0.05, 0.1) is 6.61 Å². The molecule has 1 unspecified atom stereocenters. The zero-order chi connectivity index (χ0) is 13.7. The number of benzene rings is 1. The van der Waals surface area contributed by atoms with Crippen molar-refractivity contribution in [3.63, 3.8) is 0 Å². The second kappa shape index (κ2) is 5.85. The molecule has 0 fully saturated rings. The number of halogens is 1. The van der Waals surface area contributed by atoms with E-state index in [1.165, 1.54) is 13.0 Å². The number of aliphatic hydroxyl groups excluding tert-OH is 1. The van der Waals surface area contributed by atoms with Crippen LogP contribution in [0.25, 0.3) is 0 Å². The Hall–Kier alpha value is -1.87. The van der Waals surface area contributed by atoms with E-state index in [9.17, 15) is 4.39 Å². The van der Waals surface area contributed by atoms with Gasteiger partial charge in [0.1, 0.15) is 18.0 Å². The van der Waals surface area contributed by atoms with E-state index in [2.05, 4.69) is 0 Å². The smallest absolute Gasteiger partial charge is 0.145 e. The Morgan fingerprint density at radius 3 is 2.63 bits per heavy atom. The topological polar surface area (TPSA) is 29.5 Å². The van der Waals surface area contributed by atoms with Crippen LogP contribution in [0.3, 0.4) is 0 Å². The van der Waals surface area contributed by atoms with Crippen LogP contribution >= 0.6 is 0 Å². The normalized spacial score (nSPS) is 21.9. The molecule has 1 aliphatic rings. The van der Waals surface area contributed by atoms with Crippen LogP contribution in [0.4, 0.5) is 4.39 Å². The van der Waals surface area contributed by atoms with Gasteiger partial charge in [0.25, 0.3) is 0 Å². The van der Waals surface area contributed by atoms with E-state index in [1.807, 2.05) is 6.08 Å². The lowest BCUT2D eigenvalue weighted by Crippen LogP contribution is -2.11. The summed E-state index contributed by atoms with van der Waals surface area (Å²) in [6, 6.07) is 7.18. The second-order valence-corrected chi connectivity index (χ2v) is 4.68. The molecule has 0 aromatic heterocycles. The molecule has 2 rings (SSSR count). The van der Waals surface area contributed by atoms with Crippen LogP contribution in [0.5, 0.6) is 5.75 Å². The third-order valence-corrected chi connectivity index (χ3v) is 2.82. The van der Waals surface area contributed by atoms with E-state index in [-0.39, 0.29) is 6.61 Å². The Morgan fingerprint density at radius 2 is 1.95 bits per heavy atom. The molecule has 1 aromatic carbocycles. The van der Waals surface area contributed by atoms with Crippen molar-refractivity contribution >= 4 is 0 Å². The van der Waals surface area contributed by atoms with Gasteiger partial charge in [-0.15, -0.1) is 0 Å². The summed E-state index contributed by atoms with van der Waals surface area (Å²) in [5.41, 5.74) is 0.186. The van der Waals surface area contributed by atoms with E-state index in [4.69, 9.17) is 9.84 Å². The van der Waals surface area contributed by atoms with Gasteiger partial charge in [-0.25, -0.2) is 4.39 Å². The van der Waals surface area contributed by atoms with E-state index in [0.717, 1.165) is 11.1 Å². The third kappa shape index (κ3) is 4.07. The van der Waals surface area contributed by atoms with Crippen LogP contribution in [0.2, 0.25) is 0 Å². The third-order valence-electron chi connectivity index (χ3n) is 2.82. The minimum Gasteiger partial charge on any atom is -0.489 e. The Morgan fingerprint density at radius 1 is 1.21 bits per heavy atom. The van der Waals surface area contributed by atoms with Crippen molar-refractivity contribution in [2.24, 2.45) is 0 Å². The van der Waals surface area contributed by atoms with Crippen LogP contribution in [0.15, 0.2) is 60.2 Å². The monoisotopic (exact) mass is 260 g/mol. The molecule has 1 aromatic rings. The molecular formula is C16H17FO2. The van der Waals surface area contributed by atoms with Gasteiger partial charge >= 0.3 is 0 Å². The van der Waals surface area contributed by atoms with Gasteiger partial charge in [-0.3, -0.25) is 0 Å². The highest BCUT2D eigenvalue weighted by molar-refractivity contribution is 5.34. The van der Waals surface area contributed by atoms with E-state index >= 15 is 0 Å². The average Bonchev–Trinajstić information content (AvgIpc) is 2.57. The Balaban J connectivity index is 2.00. The molecule has 1 N–H and O–H groups in total. The molecule has 0 bridgehead atoms. The fourth-order valence-electron chi connectivity index (χ4n) is 1.83. The van der Waals surface area contributed by atoms with Gasteiger partial charge in [-0.2, -0.15) is 0 Å². The van der Waals surface area contributed by atoms with Gasteiger partial charge in [0.2, 0.25) is 0 Å². The number of hydrogen-bond donors (Lipinski definition) is 1. The van der Waals surface area contributed by atoms with Gasteiger partial charge < -0.3 is 9.84 Å². The summed E-state index contributed by atoms with van der Waals surface area (Å²) < 4.78 is 19.5. The van der Waals surface area contributed by atoms with Crippen molar-refractivity contribution in [1.82, 2.24) is 0 Å². The minimum absolute atomic E-state index is 0.0139. The highest BCUT2D eigenvalue weighted by Crippen LogP contribution is 2.21. The minimum atomic E-state index is -1.44. The maximum absolute atomic E-state index is 13.9. The van der Waals surface area contributed by atoms with Crippen molar-refractivity contribution < 1.29 is 14.2 Å². The largest absolute Gasteiger partial charge is 0.489 e. The molecule has 0 saturated heterocycles. The fourth-order valence-corrected chi connectivity index (χ4v) is 1.83. The molecule has 3 heteroatoms. The number of hydrogen-bond acceptors (Lipinski definition) is 2. The summed E-state index contributed by atoms with van der Waals surface area (Å²) in [6.45, 7) is 1.84. The van der Waals surface area contributed by atoms with Gasteiger partial charge in [-0.05, 0) is 42.3 Å². The standard InChI is InChI=1S/C16H17FO2/c1-16(17)9-3-2-4-14(10-16)12-19-15-7-5-13(11-18)6-8-15/h2-10,18H,11-12H2,1H3. The average molecular weight is 260 g/mol. The highest BCUT2D eigenvalue weighted by Gasteiger charge is 2.17. The summed E-state index contributed by atoms with van der Waals surface area (Å²) in [5.74, 6) is 0.698. The van der Waals surface area contributed by atoms with Crippen molar-refractivity contribution in [2.75, 3.05) is 6.61 Å². The van der Waals surface area contributed by atoms with Crippen molar-refractivity contribution in [2.45, 2.75) is 19.2 Å². The van der Waals surface area contributed by atoms with E-state index in [0.29, 0.717) is 12.4 Å². The summed E-state index contributed by atoms with van der Waals surface area (Å²) in [7, 11) is 0. The first-order valence-corrected chi connectivity index (χ1v) is 6.18. The maximum atomic E-state index is 13.9. The molecule has 1 atom stereocenters. The lowest BCUT2D eigenvalue weighted by Gasteiger charge is -2.12. The summed E-state index contributed by atoms with van der Waals surface area (Å²) in [5, 5.41) is 8.94. The molecule has 100 valence electrons. The molecule has 0 saturated carbocycles. The predicted molar refractivity (Wildman–Crippen MR) is 73.7 cm³/mol. The molecule has 0 radical (unpaired) electrons. The Labute approximate surface area is 112 Å². The number of alkyl halides is 1. The molecule has 0 amide bonds. The zero-order valence-electron chi connectivity index (χ0n) is 10.8. The van der Waals surface area contributed by atoms with Gasteiger partial charge in [-0.1, -0.05) is 30.4 Å². The second-order valence-electron chi connectivity index (χ2n) is 4.68. The van der Waals surface area contributed by atoms with Gasteiger partial charge in [0.15, 0.2) is 0 Å². The first-order valence-electron chi connectivity index (χ1n) is 6.18. The molecule has 1 aliphatic carbocycles. The number of aliphatic hydroxyl groups is 1. The first-order chi connectivity index (χ1) is 9.09. The van der Waals surface area contributed by atoms with Crippen LogP contribution in [0.1, 0.15) is 12.5 Å². The van der Waals surface area contributed by atoms with Gasteiger partial charge in [0, 0.05) is 0 Å². The lowest BCUT2D eigenvalue weighted by atomic mass is 10.1. The number of allylic oxidation sites excluding steroid dienone is 4. The van der Waals surface area contributed by atoms with E-state index in [1.54, 1.807) is 42.5 Å². The van der Waals surface area contributed by atoms with Crippen molar-refractivity contribution in [1.29, 1.82) is 0 Å². The quantitative estimate of drug-likeness (QED) is 0.899. The van der Waals surface area contributed by atoms with Crippen LogP contribution in [-0.4, -0.2) is 17.4 Å². The van der Waals surface area contributed by atoms with Crippen LogP contribution < -0.4 is 4.74 Å². The fraction of sp³-hybridized carbons (Fsp3) is 0.250. The van der Waals surface area contributed by atoms with Crippen molar-refractivity contribution in [3.05, 3.63) is 65.8 Å². The zero-order valence-corrected chi connectivity index (χ0v) is 10.8. The van der Waals surface area contributed by atoms with Crippen molar-refractivity contribution in [3.8, 4) is 5.75 Å². The van der Waals surface area contributed by atoms with Crippen LogP contribution in [0, 0.1) is 0 Å². The Kier molecular flexibility index (Phi) is 4.17. The molecule has 0 heterocycles. The number of rotatable bonds is 4. The van der Waals surface area contributed by atoms with Crippen LogP contribution in [-0.2, 0) is 6.61 Å². The van der Waals surface area contributed by atoms with E-state index < -0.39 is 5.67 Å². The highest BCUT2D eigenvalue weighted by atomic mass is 19.1. The predicted octanol–water partition coefficient (Wildman–Crippen LogP) is 3.34. The first kappa shape index (κ1) is 13.6. The SMILES string of the molecule is CC1(F)C=CC=CC(COc2ccc(CO)cc2)=C1. The maximum Gasteiger partial charge on any atom is 0.145 e. The molecule has 0 spiro atoms. The molecule has 0 aliphatic heterocycles. The summed E-state index contributed by atoms with van der Waals surface area (Å²) >= 11 is 0. The molecule has 19 heavy (non-hydrogen) atoms. The number of ether oxygens (including phenoxy) is 1. The lowest BCUT2D eigenvalue weighted by molar-refractivity contribution is 0.281.